The maximum absolute atomic E-state index is 11.1. The molecule has 0 fully saturated rings. The second-order valence-corrected chi connectivity index (χ2v) is 5.10. The average Bonchev–Trinajstić information content (AvgIpc) is 2.17. The molecule has 0 bridgehead atoms. The zero-order chi connectivity index (χ0) is 14.1. The Morgan fingerprint density at radius 1 is 1.41 bits per heavy atom. The summed E-state index contributed by atoms with van der Waals surface area (Å²) >= 11 is 0. The highest BCUT2D eigenvalue weighted by molar-refractivity contribution is 7.80. The Balaban J connectivity index is 0. The summed E-state index contributed by atoms with van der Waals surface area (Å²) in [6.07, 6.45) is 3.42. The largest absolute Gasteiger partial charge is 0.726 e. The van der Waals surface area contributed by atoms with Crippen molar-refractivity contribution in [3.05, 3.63) is 12.2 Å². The molecule has 0 rings (SSSR count). The van der Waals surface area contributed by atoms with Crippen LogP contribution in [0.5, 0.6) is 0 Å². The Morgan fingerprint density at radius 3 is 2.06 bits per heavy atom. The number of quaternary nitrogens is 1. The van der Waals surface area contributed by atoms with Gasteiger partial charge in [0, 0.05) is 0 Å². The van der Waals surface area contributed by atoms with Crippen LogP contribution in [-0.4, -0.2) is 57.5 Å². The molecule has 0 amide bonds. The first kappa shape index (κ1) is 18.6. The van der Waals surface area contributed by atoms with E-state index in [0.29, 0.717) is 6.54 Å². The number of nitrogens with zero attached hydrogens (tertiary/aromatic N) is 1. The zero-order valence-electron chi connectivity index (χ0n) is 11.0. The van der Waals surface area contributed by atoms with E-state index in [1.165, 1.54) is 0 Å². The molecule has 0 atom stereocenters. The van der Waals surface area contributed by atoms with Gasteiger partial charge in [0.15, 0.2) is 0 Å². The molecule has 0 aliphatic carbocycles. The van der Waals surface area contributed by atoms with Crippen LogP contribution in [0.3, 0.4) is 0 Å². The highest BCUT2D eigenvalue weighted by Crippen LogP contribution is 1.95. The number of hydrogen-bond acceptors (Lipinski definition) is 5. The van der Waals surface area contributed by atoms with Crippen LogP contribution in [0.1, 0.15) is 13.8 Å². The molecule has 0 aromatic heterocycles. The first-order chi connectivity index (χ1) is 7.58. The summed E-state index contributed by atoms with van der Waals surface area (Å²) in [5.41, 5.74) is 0. The number of hydrogen-bond donors (Lipinski definition) is 0. The van der Waals surface area contributed by atoms with E-state index in [1.54, 1.807) is 12.2 Å². The lowest BCUT2D eigenvalue weighted by molar-refractivity contribution is -0.880. The predicted octanol–water partition coefficient (Wildman–Crippen LogP) is 0.321. The first-order valence-electron chi connectivity index (χ1n) is 5.07. The highest BCUT2D eigenvalue weighted by Gasteiger charge is 2.14. The van der Waals surface area contributed by atoms with Gasteiger partial charge in [-0.2, -0.15) is 0 Å². The fraction of sp³-hybridized carbons (Fsp3) is 0.700. The lowest BCUT2D eigenvalue weighted by Crippen LogP contribution is -2.43. The van der Waals surface area contributed by atoms with Crippen LogP contribution in [0.2, 0.25) is 0 Å². The van der Waals surface area contributed by atoms with Crippen molar-refractivity contribution in [2.45, 2.75) is 13.8 Å². The first-order valence-corrected chi connectivity index (χ1v) is 6.40. The van der Waals surface area contributed by atoms with E-state index < -0.39 is 10.4 Å². The van der Waals surface area contributed by atoms with E-state index in [9.17, 15) is 17.8 Å². The Bertz CT molecular complexity index is 346. The van der Waals surface area contributed by atoms with E-state index in [0.717, 1.165) is 18.1 Å². The third kappa shape index (κ3) is 15.2. The van der Waals surface area contributed by atoms with Crippen molar-refractivity contribution in [1.82, 2.24) is 0 Å². The summed E-state index contributed by atoms with van der Waals surface area (Å²) in [7, 11) is 0.510. The third-order valence-electron chi connectivity index (χ3n) is 2.00. The molecule has 0 N–H and O–H groups in total. The molecule has 0 aromatic carbocycles. The predicted molar refractivity (Wildman–Crippen MR) is 64.0 cm³/mol. The number of rotatable bonds is 5. The molecule has 0 spiro atoms. The lowest BCUT2D eigenvalue weighted by Gasteiger charge is -2.26. The van der Waals surface area contributed by atoms with Gasteiger partial charge in [0.05, 0.1) is 27.7 Å². The Hall–Kier alpha value is -0.760. The quantitative estimate of drug-likeness (QED) is 0.310. The fourth-order valence-electron chi connectivity index (χ4n) is 0.772. The third-order valence-corrected chi connectivity index (χ3v) is 2.40. The van der Waals surface area contributed by atoms with Crippen molar-refractivity contribution >= 4 is 16.2 Å². The van der Waals surface area contributed by atoms with Crippen LogP contribution in [0.4, 0.5) is 0 Å². The van der Waals surface area contributed by atoms with Crippen LogP contribution < -0.4 is 0 Å². The minimum atomic E-state index is -4.41. The topological polar surface area (TPSA) is 83.5 Å². The van der Waals surface area contributed by atoms with Gasteiger partial charge in [-0.25, -0.2) is 8.42 Å². The van der Waals surface area contributed by atoms with Crippen molar-refractivity contribution in [2.75, 3.05) is 34.3 Å². The van der Waals surface area contributed by atoms with Gasteiger partial charge >= 0.3 is 0 Å². The van der Waals surface area contributed by atoms with Crippen molar-refractivity contribution in [3.63, 3.8) is 0 Å². The summed E-state index contributed by atoms with van der Waals surface area (Å²) in [6.45, 7) is 5.54. The van der Waals surface area contributed by atoms with Crippen molar-refractivity contribution in [1.29, 1.82) is 0 Å². The Labute approximate surface area is 103 Å². The van der Waals surface area contributed by atoms with Gasteiger partial charge in [0.1, 0.15) is 6.54 Å². The fourth-order valence-corrected chi connectivity index (χ4v) is 0.772. The molecular formula is C10H21NO5S. The molecule has 0 aliphatic heterocycles. The van der Waals surface area contributed by atoms with E-state index in [-0.39, 0.29) is 5.78 Å². The summed E-state index contributed by atoms with van der Waals surface area (Å²) in [5, 5.41) is 0. The maximum atomic E-state index is 11.1. The minimum absolute atomic E-state index is 0.208. The van der Waals surface area contributed by atoms with Crippen LogP contribution in [0.25, 0.3) is 0 Å². The maximum Gasteiger partial charge on any atom is 0.217 e. The standard InChI is InChI=1S/C9H18NO.CH4O4S/c1-5-7-9(11)8-10(3,4)6-2;1-5-6(2,3)4/h5,7H,6,8H2,1-4H3;1H3,(H,2,3,4)/q+1;/p-1. The molecular weight excluding hydrogens is 246 g/mol. The van der Waals surface area contributed by atoms with Crippen LogP contribution >= 0.6 is 0 Å². The second kappa shape index (κ2) is 8.35. The van der Waals surface area contributed by atoms with Crippen molar-refractivity contribution < 1.29 is 26.4 Å². The van der Waals surface area contributed by atoms with Gasteiger partial charge in [-0.1, -0.05) is 6.08 Å². The van der Waals surface area contributed by atoms with E-state index in [2.05, 4.69) is 25.2 Å². The number of carbonyl (C=O) groups is 1. The molecule has 0 saturated heterocycles. The molecule has 0 saturated carbocycles. The SMILES string of the molecule is CC=CC(=O)C[N+](C)(C)CC.COS(=O)(=O)[O-]. The number of likely N-dealkylation sites (N-methyl/N-ethyl adjacent to an activating group) is 1. The molecule has 102 valence electrons. The van der Waals surface area contributed by atoms with Crippen LogP contribution in [-0.2, 0) is 19.4 Å². The summed E-state index contributed by atoms with van der Waals surface area (Å²) < 4.78 is 31.8. The van der Waals surface area contributed by atoms with Gasteiger partial charge in [0.25, 0.3) is 0 Å². The highest BCUT2D eigenvalue weighted by atomic mass is 32.3. The average molecular weight is 267 g/mol. The van der Waals surface area contributed by atoms with Crippen LogP contribution in [0, 0.1) is 0 Å². The van der Waals surface area contributed by atoms with Gasteiger partial charge in [-0.3, -0.25) is 8.98 Å². The second-order valence-electron chi connectivity index (χ2n) is 3.95. The Kier molecular flexibility index (Phi) is 9.13. The molecule has 7 heteroatoms. The van der Waals surface area contributed by atoms with Crippen LogP contribution in [0.15, 0.2) is 12.2 Å². The van der Waals surface area contributed by atoms with Gasteiger partial charge in [-0.05, 0) is 19.9 Å². The summed E-state index contributed by atoms with van der Waals surface area (Å²) in [5.74, 6) is 0.208. The Morgan fingerprint density at radius 2 is 1.82 bits per heavy atom. The molecule has 0 heterocycles. The minimum Gasteiger partial charge on any atom is -0.726 e. The molecule has 6 nitrogen and oxygen atoms in total. The number of ketones is 1. The molecule has 17 heavy (non-hydrogen) atoms. The van der Waals surface area contributed by atoms with E-state index >= 15 is 0 Å². The smallest absolute Gasteiger partial charge is 0.217 e. The lowest BCUT2D eigenvalue weighted by atomic mass is 10.3. The summed E-state index contributed by atoms with van der Waals surface area (Å²) in [4.78, 5) is 11.1. The molecule has 0 aromatic rings. The van der Waals surface area contributed by atoms with Gasteiger partial charge in [0.2, 0.25) is 16.2 Å². The molecule has 0 unspecified atom stereocenters. The van der Waals surface area contributed by atoms with Crippen molar-refractivity contribution in [2.24, 2.45) is 0 Å². The normalized spacial score (nSPS) is 12.1. The number of allylic oxidation sites excluding steroid dienone is 1. The number of carbonyl (C=O) groups excluding carboxylic acids is 1. The van der Waals surface area contributed by atoms with E-state index in [4.69, 9.17) is 0 Å². The summed E-state index contributed by atoms with van der Waals surface area (Å²) in [6, 6.07) is 0. The van der Waals surface area contributed by atoms with Crippen molar-refractivity contribution in [3.8, 4) is 0 Å². The molecule has 0 aliphatic rings. The monoisotopic (exact) mass is 267 g/mol. The zero-order valence-corrected chi connectivity index (χ0v) is 11.8. The molecule has 0 radical (unpaired) electrons. The van der Waals surface area contributed by atoms with E-state index in [1.807, 2.05) is 6.92 Å². The van der Waals surface area contributed by atoms with Gasteiger partial charge < -0.3 is 9.04 Å². The van der Waals surface area contributed by atoms with Gasteiger partial charge in [-0.15, -0.1) is 0 Å².